The van der Waals surface area contributed by atoms with E-state index in [4.69, 9.17) is 39.9 Å². The molecule has 0 aromatic heterocycles. The number of nitrogens with one attached hydrogen (secondary N) is 4. The first-order chi connectivity index (χ1) is 52.6. The molecule has 0 bridgehead atoms. The minimum Gasteiger partial charge on any atom is -0.481 e. The van der Waals surface area contributed by atoms with Crippen molar-refractivity contribution in [2.45, 2.75) is 131 Å². The van der Waals surface area contributed by atoms with E-state index in [2.05, 4.69) is 21.3 Å². The molecule has 4 unspecified atom stereocenters. The molecule has 6 atom stereocenters. The van der Waals surface area contributed by atoms with Crippen LogP contribution < -0.4 is 21.3 Å². The molecule has 8 aromatic carbocycles. The van der Waals surface area contributed by atoms with Crippen molar-refractivity contribution in [1.82, 2.24) is 0 Å². The van der Waals surface area contributed by atoms with Crippen LogP contribution in [-0.2, 0) is 19.2 Å². The molecule has 33 heteroatoms. The van der Waals surface area contributed by atoms with Crippen LogP contribution in [0.2, 0.25) is 15.1 Å². The largest absolute Gasteiger partial charge is 0.481 e. The van der Waals surface area contributed by atoms with Crippen LogP contribution in [0, 0.1) is 81.3 Å². The van der Waals surface area contributed by atoms with Crippen molar-refractivity contribution in [1.29, 1.82) is 0 Å². The van der Waals surface area contributed by atoms with Crippen LogP contribution in [0.15, 0.2) is 159 Å². The molecule has 0 heterocycles. The van der Waals surface area contributed by atoms with E-state index in [1.54, 1.807) is 6.92 Å². The zero-order valence-electron chi connectivity index (χ0n) is 58.1. The van der Waals surface area contributed by atoms with Gasteiger partial charge < -0.3 is 41.7 Å². The van der Waals surface area contributed by atoms with Crippen molar-refractivity contribution >= 4 is 152 Å². The number of hydrogen-bond donors (Lipinski definition) is 8. The summed E-state index contributed by atoms with van der Waals surface area (Å²) in [5.74, 6) is -15.0. The number of benzene rings is 8. The summed E-state index contributed by atoms with van der Waals surface area (Å²) in [6.45, 7) is 1.65. The number of carbonyl (C=O) groups is 8. The highest BCUT2D eigenvalue weighted by molar-refractivity contribution is 8.00. The van der Waals surface area contributed by atoms with Gasteiger partial charge in [-0.25, -0.2) is 43.9 Å². The first kappa shape index (κ1) is 86.1. The van der Waals surface area contributed by atoms with Crippen LogP contribution in [0.1, 0.15) is 132 Å². The van der Waals surface area contributed by atoms with Crippen molar-refractivity contribution in [3.8, 4) is 0 Å². The Bertz CT molecular complexity index is 4690. The third kappa shape index (κ3) is 24.1. The predicted molar refractivity (Wildman–Crippen MR) is 406 cm³/mol. The number of aliphatic carboxylic acids is 4. The Hall–Kier alpha value is -8.91. The number of rotatable bonds is 20. The second-order valence-electron chi connectivity index (χ2n) is 26.5. The van der Waals surface area contributed by atoms with Gasteiger partial charge in [0.15, 0.2) is 17.5 Å². The highest BCUT2D eigenvalue weighted by Crippen LogP contribution is 2.47. The average Bonchev–Trinajstić information content (AvgIpc) is 1.80. The van der Waals surface area contributed by atoms with E-state index in [0.29, 0.717) is 102 Å². The van der Waals surface area contributed by atoms with Gasteiger partial charge in [-0.05, 0) is 205 Å². The zero-order chi connectivity index (χ0) is 80.7. The third-order valence-corrected chi connectivity index (χ3v) is 24.4. The highest BCUT2D eigenvalue weighted by Gasteiger charge is 2.42. The average molecular weight is 1680 g/mol. The van der Waals surface area contributed by atoms with Crippen LogP contribution >= 0.6 is 81.9 Å². The van der Waals surface area contributed by atoms with Gasteiger partial charge in [-0.2, -0.15) is 0 Å². The van der Waals surface area contributed by atoms with Crippen molar-refractivity contribution in [2.24, 2.45) is 23.2 Å². The summed E-state index contributed by atoms with van der Waals surface area (Å²) in [6.07, 6.45) is 7.79. The number of thioether (sulfide) groups is 4. The lowest BCUT2D eigenvalue weighted by Gasteiger charge is -2.31. The fourth-order valence-electron chi connectivity index (χ4n) is 12.1. The number of amides is 4. The van der Waals surface area contributed by atoms with Gasteiger partial charge in [0.2, 0.25) is 0 Å². The Morgan fingerprint density at radius 1 is 0.351 bits per heavy atom. The molecule has 586 valence electrons. The van der Waals surface area contributed by atoms with E-state index in [9.17, 15) is 97.6 Å². The second kappa shape index (κ2) is 39.0. The van der Waals surface area contributed by atoms with E-state index < -0.39 is 123 Å². The van der Waals surface area contributed by atoms with Crippen LogP contribution in [0.3, 0.4) is 0 Å². The molecule has 8 aromatic rings. The Morgan fingerprint density at radius 3 is 0.955 bits per heavy atom. The summed E-state index contributed by atoms with van der Waals surface area (Å²) in [6, 6.07) is 28.3. The molecular formula is C78H67Cl3F10N4O12S4. The fraction of sp³-hybridized carbons (Fsp3) is 0.282. The number of halogens is 13. The van der Waals surface area contributed by atoms with Crippen molar-refractivity contribution in [3.05, 3.63) is 235 Å². The summed E-state index contributed by atoms with van der Waals surface area (Å²) < 4.78 is 136. The molecule has 12 rings (SSSR count). The van der Waals surface area contributed by atoms with Crippen LogP contribution in [-0.4, -0.2) is 88.9 Å². The van der Waals surface area contributed by atoms with E-state index in [0.717, 1.165) is 61.7 Å². The Kier molecular flexibility index (Phi) is 30.3. The Morgan fingerprint density at radius 2 is 0.649 bits per heavy atom. The van der Waals surface area contributed by atoms with Gasteiger partial charge in [0.25, 0.3) is 23.6 Å². The molecule has 4 aliphatic rings. The molecule has 16 nitrogen and oxygen atoms in total. The molecule has 0 saturated heterocycles. The number of anilines is 4. The number of carbonyl (C=O) groups excluding carboxylic acids is 4. The van der Waals surface area contributed by atoms with Gasteiger partial charge in [0.05, 0.1) is 38.2 Å². The first-order valence-electron chi connectivity index (χ1n) is 34.1. The van der Waals surface area contributed by atoms with Crippen molar-refractivity contribution < 1.29 is 103 Å². The van der Waals surface area contributed by atoms with Gasteiger partial charge in [-0.1, -0.05) is 47.6 Å². The molecular weight excluding hydrogens is 1610 g/mol. The van der Waals surface area contributed by atoms with Gasteiger partial charge in [-0.15, -0.1) is 47.0 Å². The highest BCUT2D eigenvalue weighted by atomic mass is 35.5. The van der Waals surface area contributed by atoms with Gasteiger partial charge in [0.1, 0.15) is 40.7 Å². The zero-order valence-corrected chi connectivity index (χ0v) is 63.6. The Labute approximate surface area is 660 Å². The third-order valence-electron chi connectivity index (χ3n) is 18.3. The molecule has 0 radical (unpaired) electrons. The van der Waals surface area contributed by atoms with E-state index in [1.165, 1.54) is 138 Å². The molecule has 4 amide bonds. The number of hydrogen-bond acceptors (Lipinski definition) is 12. The Balaban J connectivity index is 0.000000170. The van der Waals surface area contributed by atoms with E-state index in [-0.39, 0.29) is 74.8 Å². The molecule has 111 heavy (non-hydrogen) atoms. The summed E-state index contributed by atoms with van der Waals surface area (Å²) in [7, 11) is 0. The van der Waals surface area contributed by atoms with Crippen LogP contribution in [0.5, 0.6) is 0 Å². The molecule has 0 aliphatic heterocycles. The van der Waals surface area contributed by atoms with E-state index in [1.807, 2.05) is 0 Å². The number of carboxylic acid groups (broad SMARTS) is 4. The smallest absolute Gasteiger partial charge is 0.309 e. The maximum Gasteiger partial charge on any atom is 0.309 e. The first-order valence-corrected chi connectivity index (χ1v) is 38.8. The lowest BCUT2D eigenvalue weighted by atomic mass is 9.85. The maximum absolute atomic E-state index is 14.2. The second-order valence-corrected chi connectivity index (χ2v) is 33.1. The van der Waals surface area contributed by atoms with Gasteiger partial charge in [0, 0.05) is 97.7 Å². The fourth-order valence-corrected chi connectivity index (χ4v) is 18.2. The van der Waals surface area contributed by atoms with Crippen molar-refractivity contribution in [2.75, 3.05) is 21.3 Å². The predicted octanol–water partition coefficient (Wildman–Crippen LogP) is 21.3. The molecule has 4 saturated carbocycles. The van der Waals surface area contributed by atoms with Gasteiger partial charge in [-0.3, -0.25) is 38.4 Å². The maximum atomic E-state index is 14.2. The molecule has 8 N–H and O–H groups in total. The van der Waals surface area contributed by atoms with E-state index >= 15 is 0 Å². The van der Waals surface area contributed by atoms with Crippen molar-refractivity contribution in [3.63, 3.8) is 0 Å². The number of carboxylic acids is 4. The SMILES string of the molecule is CC1(C(=O)O)CCC(Sc2cc(C(=O)Nc3cc(F)c(F)c(F)c3)ccc2F)C1.O=C(Nc1ccc(F)c(Cl)c1)c1ccc(F)c(SC2CC(C(=O)O)C2)c1.O=C(Nc1ccc(F)c(Cl)c1)c1ccc(F)c(SC2CCC[C@@H](C(=O)O)C2)c1.O=C(Nc1ccc(F)c(Cl)c1)c1ccc(F)c(SC2CCC[C@H](C(=O)O)C2)c1. The monoisotopic (exact) mass is 1670 g/mol. The van der Waals surface area contributed by atoms with Gasteiger partial charge >= 0.3 is 23.9 Å². The lowest BCUT2D eigenvalue weighted by molar-refractivity contribution is -0.147. The summed E-state index contributed by atoms with van der Waals surface area (Å²) in [4.78, 5) is 95.3. The summed E-state index contributed by atoms with van der Waals surface area (Å²) >= 11 is 22.0. The summed E-state index contributed by atoms with van der Waals surface area (Å²) in [5.41, 5.74) is 0.602. The minimum absolute atomic E-state index is 0.0137. The lowest BCUT2D eigenvalue weighted by Crippen LogP contribution is -2.32. The minimum atomic E-state index is -1.65. The standard InChI is InChI=1S/2C20H18ClF2NO3S.C20H17F4NO3S.C18H14ClF2NO3S/c2*21-15-10-13(5-7-16(15)22)24-19(25)11-4-6-17(23)18(9-11)28-14-3-1-2-12(8-14)20(26)27;1-20(19(27)28)5-4-12(9-20)29-16-6-10(2-3-13(16)21)18(26)25-11-7-14(22)17(24)15(23)8-11;19-13-8-11(2-4-14(13)20)22-17(23)9-1-3-15(21)16(7-9)26-12-5-10(6-12)18(24)25/h2*4-7,9-10,12,14H,1-3,8H2,(H,24,25)(H,26,27);2-3,6-8,12H,4-5,9H2,1H3,(H,25,26)(H,27,28);1-4,7-8,10,12H,5-6H2,(H,22,23)(H,24,25)/t2*12-,14?;;/m10../s1. The molecule has 4 aliphatic carbocycles. The quantitative estimate of drug-likeness (QED) is 0.0260. The molecule has 0 spiro atoms. The topological polar surface area (TPSA) is 266 Å². The normalized spacial score (nSPS) is 19.7. The van der Waals surface area contributed by atoms with Crippen LogP contribution in [0.4, 0.5) is 66.7 Å². The molecule has 4 fully saturated rings. The van der Waals surface area contributed by atoms with Crippen LogP contribution in [0.25, 0.3) is 0 Å². The summed E-state index contributed by atoms with van der Waals surface area (Å²) in [5, 5.41) is 46.1.